The molecule has 1 saturated heterocycles. The van der Waals surface area contributed by atoms with E-state index >= 15 is 0 Å². The second-order valence-electron chi connectivity index (χ2n) is 12.4. The number of quaternary nitrogens is 1. The van der Waals surface area contributed by atoms with E-state index in [1.54, 1.807) is 0 Å². The number of aliphatic carboxylic acids is 1. The minimum atomic E-state index is -1.04. The third-order valence-electron chi connectivity index (χ3n) is 8.03. The molecule has 8 nitrogen and oxygen atoms in total. The topological polar surface area (TPSA) is 121 Å². The second-order valence-corrected chi connectivity index (χ2v) is 12.4. The summed E-state index contributed by atoms with van der Waals surface area (Å²) in [6.45, 7) is 6.07. The lowest BCUT2D eigenvalue weighted by Gasteiger charge is -2.22. The zero-order valence-electron chi connectivity index (χ0n) is 35.7. The Balaban J connectivity index is 0.000000750. The summed E-state index contributed by atoms with van der Waals surface area (Å²) >= 11 is 0. The van der Waals surface area contributed by atoms with Crippen LogP contribution in [0.2, 0.25) is 0 Å². The van der Waals surface area contributed by atoms with Gasteiger partial charge in [0.05, 0.1) is 5.92 Å². The molecule has 0 radical (unpaired) electrons. The highest BCUT2D eigenvalue weighted by Crippen LogP contribution is 2.33. The van der Waals surface area contributed by atoms with Crippen molar-refractivity contribution in [2.24, 2.45) is 16.8 Å². The summed E-state index contributed by atoms with van der Waals surface area (Å²) in [6, 6.07) is 0. The average molecular weight is 832 g/mol. The van der Waals surface area contributed by atoms with Crippen LogP contribution in [0.25, 0.3) is 0 Å². The van der Waals surface area contributed by atoms with Crippen molar-refractivity contribution in [1.82, 2.24) is 9.80 Å². The van der Waals surface area contributed by atoms with E-state index in [-0.39, 0.29) is 30.3 Å². The molecule has 308 valence electrons. The molecule has 0 aromatic rings. The fourth-order valence-corrected chi connectivity index (χ4v) is 5.24. The molecule has 2 aliphatic rings. The smallest absolute Gasteiger partial charge is 0.233 e. The molecule has 8 heteroatoms. The Kier molecular flexibility index (Phi) is 31.3. The molecule has 2 rings (SSSR count). The number of rotatable bonds is 13. The summed E-state index contributed by atoms with van der Waals surface area (Å²) in [5.74, 6) is 81.3. The normalized spacial score (nSPS) is 12.7. The maximum absolute atomic E-state index is 12.6. The summed E-state index contributed by atoms with van der Waals surface area (Å²) in [5, 5.41) is 10.4. The summed E-state index contributed by atoms with van der Waals surface area (Å²) in [4.78, 5) is 42.7. The number of carboxylic acids is 1. The lowest BCUT2D eigenvalue weighted by Crippen LogP contribution is -2.59. The number of hydrogen-bond donors (Lipinski definition) is 1. The van der Waals surface area contributed by atoms with Crippen LogP contribution in [0.1, 0.15) is 78.1 Å². The molecule has 64 heavy (non-hydrogen) atoms. The fourth-order valence-electron chi connectivity index (χ4n) is 5.24. The predicted octanol–water partition coefficient (Wildman–Crippen LogP) is 0.821. The first-order valence-corrected chi connectivity index (χ1v) is 19.9. The molecular weight excluding hydrogens is 793 g/mol. The van der Waals surface area contributed by atoms with Crippen LogP contribution in [-0.4, -0.2) is 59.7 Å². The molecular formula is C56H39N4O4-. The van der Waals surface area contributed by atoms with E-state index in [0.29, 0.717) is 44.8 Å². The number of unbranched alkanes of at least 4 members (excludes halogenated alkanes) is 3. The molecule has 3 unspecified atom stereocenters. The lowest BCUT2D eigenvalue weighted by molar-refractivity contribution is -0.400. The standard InChI is InChI=1S/C38H8N3.C18H31NO4/c1-2-3-4-5-6-7-8-9-10-11-12-13-14-15-16-17-18-19-20-21-22-23-24-25-26-27-28-29-30-31-32-33-34-38-40-35-36-41(38)37-39;1-3-5-10-14(9-4-2)15-13-16(20)19(18(15)23)12-8-6-7-11-17(21)22/h35,38H,36-37,39H2;14-15H,3-13H2,1-2H3,(H,21,22)/q-1;. The quantitative estimate of drug-likeness (QED) is 0.128. The van der Waals surface area contributed by atoms with Crippen molar-refractivity contribution in [3.05, 3.63) is 6.42 Å². The van der Waals surface area contributed by atoms with Gasteiger partial charge < -0.3 is 22.1 Å². The molecule has 3 atom stereocenters. The molecule has 0 aromatic carbocycles. The Labute approximate surface area is 380 Å². The van der Waals surface area contributed by atoms with E-state index in [2.05, 4.69) is 214 Å². The zero-order valence-corrected chi connectivity index (χ0v) is 35.7. The highest BCUT2D eigenvalue weighted by Gasteiger charge is 2.41. The van der Waals surface area contributed by atoms with Gasteiger partial charge in [0, 0.05) is 109 Å². The molecule has 3 N–H and O–H groups in total. The molecule has 0 bridgehead atoms. The lowest BCUT2D eigenvalue weighted by atomic mass is 9.83. The minimum absolute atomic E-state index is 0.00976. The van der Waals surface area contributed by atoms with Crippen LogP contribution in [0.15, 0.2) is 4.99 Å². The van der Waals surface area contributed by atoms with Crippen LogP contribution in [0.5, 0.6) is 0 Å². The predicted molar refractivity (Wildman–Crippen MR) is 245 cm³/mol. The minimum Gasteiger partial charge on any atom is -0.550 e. The first-order chi connectivity index (χ1) is 31.4. The van der Waals surface area contributed by atoms with Gasteiger partial charge in [0.15, 0.2) is 6.17 Å². The molecule has 1 fully saturated rings. The van der Waals surface area contributed by atoms with Gasteiger partial charge in [-0.3, -0.25) is 25.4 Å². The number of aliphatic imine (C=N–C) groups is 1. The van der Waals surface area contributed by atoms with E-state index in [1.807, 2.05) is 17.0 Å². The fraction of sp³-hybridized carbons (Fsp3) is 0.321. The van der Waals surface area contributed by atoms with Crippen molar-refractivity contribution in [3.8, 4) is 195 Å². The SMILES string of the molecule is CCCCC(CCC)C1CC(=O)N(CCCCCC(=O)[O-])C1=O.[C-]#CC#CC#CC#CC#CC#CC#CC#CC#CC#CC#CC#CC#CC#CC#CC#CC#CC1N=CCN1C[NH3+]. The number of nitrogens with zero attached hydrogens (tertiary/aromatic N) is 3. The van der Waals surface area contributed by atoms with Crippen molar-refractivity contribution >= 4 is 24.0 Å². The molecule has 2 aliphatic heterocycles. The van der Waals surface area contributed by atoms with E-state index in [0.717, 1.165) is 38.6 Å². The maximum atomic E-state index is 12.6. The summed E-state index contributed by atoms with van der Waals surface area (Å²) < 4.78 is 0. The molecule has 0 aliphatic carbocycles. The first-order valence-electron chi connectivity index (χ1n) is 19.9. The number of hydrogen-bond acceptors (Lipinski definition) is 6. The third-order valence-corrected chi connectivity index (χ3v) is 8.03. The van der Waals surface area contributed by atoms with Gasteiger partial charge in [-0.05, 0) is 139 Å². The van der Waals surface area contributed by atoms with E-state index < -0.39 is 5.97 Å². The Hall–Kier alpha value is -9.28. The number of carbonyl (C=O) groups excluding carboxylic acids is 3. The summed E-state index contributed by atoms with van der Waals surface area (Å²) in [5.41, 5.74) is 3.82. The van der Waals surface area contributed by atoms with Crippen LogP contribution >= 0.6 is 0 Å². The van der Waals surface area contributed by atoms with Crippen molar-refractivity contribution in [2.45, 2.75) is 84.2 Å². The van der Waals surface area contributed by atoms with Gasteiger partial charge >= 0.3 is 0 Å². The molecule has 0 spiro atoms. The summed E-state index contributed by atoms with van der Waals surface area (Å²) in [6.07, 6.45) is 15.8. The van der Waals surface area contributed by atoms with Crippen molar-refractivity contribution < 1.29 is 25.2 Å². The van der Waals surface area contributed by atoms with Gasteiger partial charge in [-0.15, -0.1) is 5.92 Å². The molecule has 0 aromatic heterocycles. The monoisotopic (exact) mass is 831 g/mol. The zero-order chi connectivity index (χ0) is 46.6. The number of amides is 2. The Morgan fingerprint density at radius 1 is 0.656 bits per heavy atom. The van der Waals surface area contributed by atoms with Gasteiger partial charge in [-0.1, -0.05) is 39.5 Å². The number of imide groups is 1. The van der Waals surface area contributed by atoms with Crippen LogP contribution in [0, 0.1) is 214 Å². The summed E-state index contributed by atoms with van der Waals surface area (Å²) in [7, 11) is 0. The Bertz CT molecular complexity index is 2860. The van der Waals surface area contributed by atoms with Crippen molar-refractivity contribution in [1.29, 1.82) is 0 Å². The molecule has 0 saturated carbocycles. The third kappa shape index (κ3) is 27.4. The van der Waals surface area contributed by atoms with Gasteiger partial charge in [0.25, 0.3) is 0 Å². The van der Waals surface area contributed by atoms with Gasteiger partial charge in [-0.25, -0.2) is 10.8 Å². The van der Waals surface area contributed by atoms with Crippen LogP contribution in [0.3, 0.4) is 0 Å². The van der Waals surface area contributed by atoms with Gasteiger partial charge in [0.2, 0.25) is 11.8 Å². The van der Waals surface area contributed by atoms with Crippen molar-refractivity contribution in [2.75, 3.05) is 19.8 Å². The van der Waals surface area contributed by atoms with E-state index in [1.165, 1.54) is 4.90 Å². The van der Waals surface area contributed by atoms with Gasteiger partial charge in [-0.2, -0.15) is 0 Å². The number of likely N-dealkylation sites (tertiary alicyclic amines) is 1. The first kappa shape index (κ1) is 52.7. The van der Waals surface area contributed by atoms with Crippen LogP contribution in [-0.2, 0) is 14.4 Å². The number of carbonyl (C=O) groups is 3. The average Bonchev–Trinajstić information content (AvgIpc) is 3.87. The van der Waals surface area contributed by atoms with Crippen molar-refractivity contribution in [3.63, 3.8) is 0 Å². The van der Waals surface area contributed by atoms with Gasteiger partial charge in [0.1, 0.15) is 6.67 Å². The maximum Gasteiger partial charge on any atom is 0.233 e. The largest absolute Gasteiger partial charge is 0.550 e. The Morgan fingerprint density at radius 3 is 1.48 bits per heavy atom. The highest BCUT2D eigenvalue weighted by atomic mass is 16.4. The van der Waals surface area contributed by atoms with Crippen LogP contribution in [0.4, 0.5) is 0 Å². The van der Waals surface area contributed by atoms with Crippen LogP contribution < -0.4 is 10.8 Å². The highest BCUT2D eigenvalue weighted by molar-refractivity contribution is 6.03. The second kappa shape index (κ2) is 38.0. The van der Waals surface area contributed by atoms with E-state index in [9.17, 15) is 19.5 Å². The Morgan fingerprint density at radius 2 is 1.09 bits per heavy atom. The van der Waals surface area contributed by atoms with E-state index in [4.69, 9.17) is 6.42 Å². The number of carboxylic acid groups (broad SMARTS) is 1. The molecule has 2 heterocycles. The molecule has 2 amide bonds.